The van der Waals surface area contributed by atoms with E-state index >= 15 is 0 Å². The second kappa shape index (κ2) is 48.9. The van der Waals surface area contributed by atoms with Crippen LogP contribution in [-0.2, 0) is 4.79 Å². The van der Waals surface area contributed by atoms with Gasteiger partial charge in [0.25, 0.3) is 0 Å². The van der Waals surface area contributed by atoms with Crippen LogP contribution in [0.4, 0.5) is 0 Å². The number of nitrogens with one attached hydrogen (secondary N) is 1. The first-order chi connectivity index (χ1) is 29.2. The number of unbranched alkanes of at least 4 members (excludes halogenated alkanes) is 14. The van der Waals surface area contributed by atoms with Crippen molar-refractivity contribution >= 4 is 5.91 Å². The fourth-order valence-corrected chi connectivity index (χ4v) is 6.22. The minimum Gasteiger partial charge on any atom is -0.394 e. The summed E-state index contributed by atoms with van der Waals surface area (Å²) in [4.78, 5) is 12.4. The van der Waals surface area contributed by atoms with Crippen LogP contribution in [0.2, 0.25) is 0 Å². The summed E-state index contributed by atoms with van der Waals surface area (Å²) in [6.07, 6.45) is 77.1. The highest BCUT2D eigenvalue weighted by Crippen LogP contribution is 2.11. The van der Waals surface area contributed by atoms with Crippen LogP contribution in [0.1, 0.15) is 187 Å². The maximum atomic E-state index is 12.4. The van der Waals surface area contributed by atoms with E-state index in [2.05, 4.69) is 141 Å². The summed E-state index contributed by atoms with van der Waals surface area (Å²) in [5, 5.41) is 23.0. The van der Waals surface area contributed by atoms with Gasteiger partial charge in [0, 0.05) is 6.42 Å². The molecule has 0 spiro atoms. The standard InChI is InChI=1S/C55H89NO3/c1-3-5-7-9-11-13-15-17-19-21-23-24-25-26-27-28-29-30-31-32-33-35-37-39-41-43-45-47-49-51-55(59)56-53(52-57)54(58)50-48-46-44-42-40-38-36-34-22-20-18-16-14-12-10-8-6-4-2/h5,7,11,13,17,19,22-24,26-27,29-30,32-34,37,39-40,42,48,50,53-54,57-58H,3-4,6,8-10,12,14-16,18,20-21,25,28,31,35-36,38,41,43-47,49,51-52H2,1-2H3,(H,56,59)/b7-5-,13-11-,19-17-,24-23-,27-26-,30-29-,33-32-,34-22+,39-37-,42-40+,50-48+. The number of hydrogen-bond acceptors (Lipinski definition) is 3. The molecule has 0 aromatic rings. The summed E-state index contributed by atoms with van der Waals surface area (Å²) in [5.41, 5.74) is 0. The molecule has 3 N–H and O–H groups in total. The molecule has 4 nitrogen and oxygen atoms in total. The van der Waals surface area contributed by atoms with Gasteiger partial charge >= 0.3 is 0 Å². The number of amides is 1. The monoisotopic (exact) mass is 812 g/mol. The topological polar surface area (TPSA) is 69.6 Å². The lowest BCUT2D eigenvalue weighted by molar-refractivity contribution is -0.123. The largest absolute Gasteiger partial charge is 0.394 e. The fraction of sp³-hybridized carbons (Fsp3) is 0.582. The van der Waals surface area contributed by atoms with Gasteiger partial charge in [-0.1, -0.05) is 205 Å². The molecule has 0 heterocycles. The molecular formula is C55H89NO3. The van der Waals surface area contributed by atoms with E-state index in [1.54, 1.807) is 6.08 Å². The molecule has 4 heteroatoms. The molecule has 0 radical (unpaired) electrons. The minimum absolute atomic E-state index is 0.109. The SMILES string of the molecule is CC/C=C\C/C=C\C/C=C\C/C=C\C/C=C\C/C=C\C/C=C\C/C=C\CCCCCCC(=O)NC(CO)C(O)/C=C/CC/C=C/CC/C=C/CCCCCCCCCC. The smallest absolute Gasteiger partial charge is 0.220 e. The lowest BCUT2D eigenvalue weighted by Crippen LogP contribution is -2.45. The zero-order valence-electron chi connectivity index (χ0n) is 38.0. The van der Waals surface area contributed by atoms with Crippen molar-refractivity contribution in [3.63, 3.8) is 0 Å². The number of aliphatic hydroxyl groups excluding tert-OH is 2. The Balaban J connectivity index is 3.77. The minimum atomic E-state index is -0.891. The van der Waals surface area contributed by atoms with E-state index < -0.39 is 12.1 Å². The van der Waals surface area contributed by atoms with Crippen LogP contribution in [0, 0.1) is 0 Å². The Morgan fingerprint density at radius 3 is 1.19 bits per heavy atom. The van der Waals surface area contributed by atoms with Crippen molar-refractivity contribution in [2.75, 3.05) is 6.61 Å². The second-order valence-electron chi connectivity index (χ2n) is 15.4. The van der Waals surface area contributed by atoms with Crippen LogP contribution in [0.5, 0.6) is 0 Å². The fourth-order valence-electron chi connectivity index (χ4n) is 6.22. The van der Waals surface area contributed by atoms with E-state index in [0.29, 0.717) is 6.42 Å². The first-order valence-corrected chi connectivity index (χ1v) is 23.9. The third kappa shape index (κ3) is 45.5. The van der Waals surface area contributed by atoms with Crippen molar-refractivity contribution in [3.8, 4) is 0 Å². The number of hydrogen-bond donors (Lipinski definition) is 3. The molecule has 2 unspecified atom stereocenters. The Morgan fingerprint density at radius 1 is 0.424 bits per heavy atom. The normalized spacial score (nSPS) is 14.2. The summed E-state index contributed by atoms with van der Waals surface area (Å²) in [6.45, 7) is 4.15. The molecular weight excluding hydrogens is 723 g/mol. The molecule has 332 valence electrons. The molecule has 0 saturated heterocycles. The van der Waals surface area contributed by atoms with Gasteiger partial charge in [-0.15, -0.1) is 0 Å². The van der Waals surface area contributed by atoms with Crippen LogP contribution in [0.15, 0.2) is 134 Å². The highest BCUT2D eigenvalue weighted by molar-refractivity contribution is 5.76. The number of allylic oxidation sites excluding steroid dienone is 21. The third-order valence-electron chi connectivity index (χ3n) is 9.85. The molecule has 59 heavy (non-hydrogen) atoms. The van der Waals surface area contributed by atoms with Crippen molar-refractivity contribution in [2.45, 2.75) is 199 Å². The Labute approximate surface area is 364 Å². The molecule has 0 aliphatic rings. The van der Waals surface area contributed by atoms with Gasteiger partial charge in [-0.25, -0.2) is 0 Å². The average Bonchev–Trinajstić information content (AvgIpc) is 3.24. The van der Waals surface area contributed by atoms with Crippen molar-refractivity contribution in [2.24, 2.45) is 0 Å². The Bertz CT molecular complexity index is 1240. The third-order valence-corrected chi connectivity index (χ3v) is 9.85. The Hall–Kier alpha value is -3.47. The van der Waals surface area contributed by atoms with Crippen LogP contribution in [0.25, 0.3) is 0 Å². The van der Waals surface area contributed by atoms with E-state index in [0.717, 1.165) is 109 Å². The molecule has 0 aromatic carbocycles. The van der Waals surface area contributed by atoms with Gasteiger partial charge in [-0.2, -0.15) is 0 Å². The van der Waals surface area contributed by atoms with Crippen molar-refractivity contribution < 1.29 is 15.0 Å². The summed E-state index contributed by atoms with van der Waals surface area (Å²) < 4.78 is 0. The predicted octanol–water partition coefficient (Wildman–Crippen LogP) is 15.5. The van der Waals surface area contributed by atoms with Crippen LogP contribution in [0.3, 0.4) is 0 Å². The maximum Gasteiger partial charge on any atom is 0.220 e. The van der Waals surface area contributed by atoms with Crippen molar-refractivity contribution in [3.05, 3.63) is 134 Å². The molecule has 0 aliphatic heterocycles. The average molecular weight is 812 g/mol. The molecule has 0 rings (SSSR count). The van der Waals surface area contributed by atoms with Crippen molar-refractivity contribution in [1.82, 2.24) is 5.32 Å². The quantitative estimate of drug-likeness (QED) is 0.0425. The molecule has 0 fully saturated rings. The summed E-state index contributed by atoms with van der Waals surface area (Å²) in [6, 6.07) is -0.670. The first-order valence-electron chi connectivity index (χ1n) is 23.9. The lowest BCUT2D eigenvalue weighted by Gasteiger charge is -2.19. The van der Waals surface area contributed by atoms with E-state index in [-0.39, 0.29) is 12.5 Å². The summed E-state index contributed by atoms with van der Waals surface area (Å²) in [5.74, 6) is -0.109. The highest BCUT2D eigenvalue weighted by atomic mass is 16.3. The van der Waals surface area contributed by atoms with Crippen molar-refractivity contribution in [1.29, 1.82) is 0 Å². The van der Waals surface area contributed by atoms with E-state index in [9.17, 15) is 15.0 Å². The molecule has 0 saturated carbocycles. The maximum absolute atomic E-state index is 12.4. The number of rotatable bonds is 41. The van der Waals surface area contributed by atoms with Gasteiger partial charge < -0.3 is 15.5 Å². The first kappa shape index (κ1) is 55.5. The predicted molar refractivity (Wildman–Crippen MR) is 262 cm³/mol. The number of aliphatic hydroxyl groups is 2. The van der Waals surface area contributed by atoms with Gasteiger partial charge in [0.2, 0.25) is 5.91 Å². The molecule has 0 bridgehead atoms. The van der Waals surface area contributed by atoms with Crippen LogP contribution < -0.4 is 5.32 Å². The van der Waals surface area contributed by atoms with Gasteiger partial charge in [0.15, 0.2) is 0 Å². The summed E-state index contributed by atoms with van der Waals surface area (Å²) >= 11 is 0. The lowest BCUT2D eigenvalue weighted by atomic mass is 10.1. The van der Waals surface area contributed by atoms with E-state index in [1.807, 2.05) is 6.08 Å². The molecule has 1 amide bonds. The number of carbonyl (C=O) groups is 1. The van der Waals surface area contributed by atoms with Gasteiger partial charge in [0.05, 0.1) is 18.8 Å². The molecule has 2 atom stereocenters. The highest BCUT2D eigenvalue weighted by Gasteiger charge is 2.17. The zero-order chi connectivity index (χ0) is 42.8. The van der Waals surface area contributed by atoms with Gasteiger partial charge in [0.1, 0.15) is 0 Å². The van der Waals surface area contributed by atoms with Gasteiger partial charge in [-0.05, 0) is 109 Å². The van der Waals surface area contributed by atoms with Crippen LogP contribution >= 0.6 is 0 Å². The summed E-state index contributed by atoms with van der Waals surface area (Å²) in [7, 11) is 0. The van der Waals surface area contributed by atoms with E-state index in [1.165, 1.54) is 57.8 Å². The van der Waals surface area contributed by atoms with Crippen LogP contribution in [-0.4, -0.2) is 34.9 Å². The zero-order valence-corrected chi connectivity index (χ0v) is 38.0. The second-order valence-corrected chi connectivity index (χ2v) is 15.4. The molecule has 0 aromatic heterocycles. The number of carbonyl (C=O) groups excluding carboxylic acids is 1. The molecule has 0 aliphatic carbocycles. The van der Waals surface area contributed by atoms with E-state index in [4.69, 9.17) is 0 Å². The van der Waals surface area contributed by atoms with Gasteiger partial charge in [-0.3, -0.25) is 4.79 Å². The Morgan fingerprint density at radius 2 is 0.763 bits per heavy atom. The Kier molecular flexibility index (Phi) is 46.0.